The predicted molar refractivity (Wildman–Crippen MR) is 66.2 cm³/mol. The molecule has 0 aliphatic heterocycles. The highest BCUT2D eigenvalue weighted by Gasteiger charge is 2.59. The van der Waals surface area contributed by atoms with Crippen LogP contribution in [0, 0.1) is 11.3 Å². The lowest BCUT2D eigenvalue weighted by Crippen LogP contribution is -2.45. The summed E-state index contributed by atoms with van der Waals surface area (Å²) in [5, 5.41) is 0. The summed E-state index contributed by atoms with van der Waals surface area (Å²) >= 11 is 0. The first-order valence-electron chi connectivity index (χ1n) is 6.57. The van der Waals surface area contributed by atoms with E-state index in [0.717, 1.165) is 6.92 Å². The average Bonchev–Trinajstić information content (AvgIpc) is 2.39. The SMILES string of the molecule is CCC(C)(C(=O)OCC(C)C)C(=O)OCC(F)(F)C(F)(F)F. The van der Waals surface area contributed by atoms with Crippen LogP contribution in [0.25, 0.3) is 0 Å². The van der Waals surface area contributed by atoms with Gasteiger partial charge >= 0.3 is 24.0 Å². The van der Waals surface area contributed by atoms with Gasteiger partial charge in [0, 0.05) is 0 Å². The van der Waals surface area contributed by atoms with E-state index in [-0.39, 0.29) is 18.9 Å². The molecule has 0 bridgehead atoms. The molecule has 4 nitrogen and oxygen atoms in total. The van der Waals surface area contributed by atoms with E-state index >= 15 is 0 Å². The maximum absolute atomic E-state index is 12.7. The standard InChI is InChI=1S/C13H19F5O4/c1-5-11(4,9(19)21-6-8(2)3)10(20)22-7-12(14,15)13(16,17)18/h8H,5-7H2,1-4H3. The van der Waals surface area contributed by atoms with E-state index in [1.54, 1.807) is 13.8 Å². The van der Waals surface area contributed by atoms with Crippen LogP contribution < -0.4 is 0 Å². The molecule has 0 radical (unpaired) electrons. The van der Waals surface area contributed by atoms with Crippen molar-refractivity contribution in [1.29, 1.82) is 0 Å². The predicted octanol–water partition coefficient (Wildman–Crippen LogP) is 3.34. The molecule has 0 fully saturated rings. The third-order valence-electron chi connectivity index (χ3n) is 2.96. The molecule has 0 saturated carbocycles. The highest BCUT2D eigenvalue weighted by Crippen LogP contribution is 2.36. The van der Waals surface area contributed by atoms with Gasteiger partial charge in [-0.25, -0.2) is 0 Å². The number of halogens is 5. The summed E-state index contributed by atoms with van der Waals surface area (Å²) in [6.07, 6.45) is -6.01. The molecule has 1 atom stereocenters. The lowest BCUT2D eigenvalue weighted by Gasteiger charge is -2.26. The number of rotatable bonds is 7. The van der Waals surface area contributed by atoms with Crippen LogP contribution in [0.2, 0.25) is 0 Å². The summed E-state index contributed by atoms with van der Waals surface area (Å²) in [6.45, 7) is 3.74. The van der Waals surface area contributed by atoms with Crippen molar-refractivity contribution in [3.05, 3.63) is 0 Å². The second kappa shape index (κ2) is 7.23. The maximum atomic E-state index is 12.7. The Hall–Kier alpha value is -1.41. The smallest absolute Gasteiger partial charge is 0.456 e. The van der Waals surface area contributed by atoms with E-state index in [0.29, 0.717) is 0 Å². The molecule has 0 aromatic carbocycles. The number of hydrogen-bond donors (Lipinski definition) is 0. The molecule has 130 valence electrons. The summed E-state index contributed by atoms with van der Waals surface area (Å²) in [5.74, 6) is -7.72. The molecule has 0 saturated heterocycles. The van der Waals surface area contributed by atoms with Crippen LogP contribution in [-0.2, 0) is 19.1 Å². The van der Waals surface area contributed by atoms with Gasteiger partial charge < -0.3 is 9.47 Å². The number of carbonyl (C=O) groups excluding carboxylic acids is 2. The Morgan fingerprint density at radius 1 is 1.00 bits per heavy atom. The lowest BCUT2D eigenvalue weighted by atomic mass is 9.88. The highest BCUT2D eigenvalue weighted by molar-refractivity contribution is 5.99. The summed E-state index contributed by atoms with van der Waals surface area (Å²) in [7, 11) is 0. The fourth-order valence-electron chi connectivity index (χ4n) is 1.17. The number of ether oxygens (including phenoxy) is 2. The van der Waals surface area contributed by atoms with Crippen LogP contribution >= 0.6 is 0 Å². The van der Waals surface area contributed by atoms with Crippen molar-refractivity contribution in [3.8, 4) is 0 Å². The van der Waals surface area contributed by atoms with Gasteiger partial charge in [-0.15, -0.1) is 0 Å². The zero-order chi connectivity index (χ0) is 17.8. The monoisotopic (exact) mass is 334 g/mol. The molecular weight excluding hydrogens is 315 g/mol. The average molecular weight is 334 g/mol. The third-order valence-corrected chi connectivity index (χ3v) is 2.96. The van der Waals surface area contributed by atoms with Crippen molar-refractivity contribution in [2.75, 3.05) is 13.2 Å². The van der Waals surface area contributed by atoms with Crippen LogP contribution in [-0.4, -0.2) is 37.3 Å². The number of hydrogen-bond acceptors (Lipinski definition) is 4. The van der Waals surface area contributed by atoms with Crippen molar-refractivity contribution in [1.82, 2.24) is 0 Å². The van der Waals surface area contributed by atoms with Crippen LogP contribution in [0.15, 0.2) is 0 Å². The van der Waals surface area contributed by atoms with Gasteiger partial charge in [0.2, 0.25) is 0 Å². The summed E-state index contributed by atoms with van der Waals surface area (Å²) < 4.78 is 70.3. The van der Waals surface area contributed by atoms with Gasteiger partial charge in [0.15, 0.2) is 12.0 Å². The summed E-state index contributed by atoms with van der Waals surface area (Å²) in [4.78, 5) is 23.6. The fourth-order valence-corrected chi connectivity index (χ4v) is 1.17. The Kier molecular flexibility index (Phi) is 6.77. The molecule has 0 aliphatic carbocycles. The topological polar surface area (TPSA) is 52.6 Å². The summed E-state index contributed by atoms with van der Waals surface area (Å²) in [5.41, 5.74) is -1.93. The number of esters is 2. The second-order valence-corrected chi connectivity index (χ2v) is 5.46. The molecule has 22 heavy (non-hydrogen) atoms. The van der Waals surface area contributed by atoms with Crippen molar-refractivity contribution >= 4 is 11.9 Å². The van der Waals surface area contributed by atoms with Crippen molar-refractivity contribution < 1.29 is 41.0 Å². The molecule has 0 heterocycles. The minimum Gasteiger partial charge on any atom is -0.465 e. The Morgan fingerprint density at radius 3 is 1.82 bits per heavy atom. The van der Waals surface area contributed by atoms with E-state index in [1.165, 1.54) is 6.92 Å². The highest BCUT2D eigenvalue weighted by atomic mass is 19.4. The van der Waals surface area contributed by atoms with E-state index in [1.807, 2.05) is 0 Å². The van der Waals surface area contributed by atoms with E-state index in [2.05, 4.69) is 4.74 Å². The second-order valence-electron chi connectivity index (χ2n) is 5.46. The van der Waals surface area contributed by atoms with Crippen LogP contribution in [0.1, 0.15) is 34.1 Å². The zero-order valence-corrected chi connectivity index (χ0v) is 12.7. The lowest BCUT2D eigenvalue weighted by molar-refractivity contribution is -0.294. The molecule has 0 spiro atoms. The number of alkyl halides is 5. The van der Waals surface area contributed by atoms with Crippen LogP contribution in [0.4, 0.5) is 22.0 Å². The molecule has 0 aromatic heterocycles. The molecule has 0 rings (SSSR count). The first-order valence-corrected chi connectivity index (χ1v) is 6.57. The molecule has 0 N–H and O–H groups in total. The van der Waals surface area contributed by atoms with Crippen molar-refractivity contribution in [3.63, 3.8) is 0 Å². The Labute approximate surface area is 124 Å². The van der Waals surface area contributed by atoms with Gasteiger partial charge in [-0.1, -0.05) is 20.8 Å². The van der Waals surface area contributed by atoms with Gasteiger partial charge in [0.05, 0.1) is 6.61 Å². The van der Waals surface area contributed by atoms with Gasteiger partial charge in [-0.2, -0.15) is 22.0 Å². The molecule has 0 amide bonds. The first-order chi connectivity index (χ1) is 9.78. The fraction of sp³-hybridized carbons (Fsp3) is 0.846. The van der Waals surface area contributed by atoms with E-state index < -0.39 is 36.1 Å². The minimum atomic E-state index is -5.84. The van der Waals surface area contributed by atoms with Crippen molar-refractivity contribution in [2.45, 2.75) is 46.2 Å². The van der Waals surface area contributed by atoms with E-state index in [4.69, 9.17) is 4.74 Å². The van der Waals surface area contributed by atoms with Gasteiger partial charge in [-0.05, 0) is 19.3 Å². The first kappa shape index (κ1) is 20.6. The molecule has 0 aromatic rings. The van der Waals surface area contributed by atoms with Gasteiger partial charge in [0.1, 0.15) is 0 Å². The normalized spacial score (nSPS) is 15.4. The Bertz CT molecular complexity index is 406. The van der Waals surface area contributed by atoms with Crippen LogP contribution in [0.5, 0.6) is 0 Å². The van der Waals surface area contributed by atoms with Gasteiger partial charge in [0.25, 0.3) is 0 Å². The minimum absolute atomic E-state index is 0.0135. The molecule has 1 unspecified atom stereocenters. The Morgan fingerprint density at radius 2 is 1.45 bits per heavy atom. The van der Waals surface area contributed by atoms with E-state index in [9.17, 15) is 31.5 Å². The molecule has 9 heteroatoms. The Balaban J connectivity index is 4.88. The van der Waals surface area contributed by atoms with Crippen molar-refractivity contribution in [2.24, 2.45) is 11.3 Å². The zero-order valence-electron chi connectivity index (χ0n) is 12.7. The summed E-state index contributed by atoms with van der Waals surface area (Å²) in [6, 6.07) is 0. The van der Waals surface area contributed by atoms with Gasteiger partial charge in [-0.3, -0.25) is 9.59 Å². The largest absolute Gasteiger partial charge is 0.465 e. The third kappa shape index (κ3) is 5.10. The number of carbonyl (C=O) groups is 2. The quantitative estimate of drug-likeness (QED) is 0.407. The van der Waals surface area contributed by atoms with Crippen LogP contribution in [0.3, 0.4) is 0 Å². The maximum Gasteiger partial charge on any atom is 0.456 e. The molecule has 0 aliphatic rings. The molecular formula is C13H19F5O4.